The lowest BCUT2D eigenvalue weighted by Crippen LogP contribution is -2.47. The van der Waals surface area contributed by atoms with E-state index in [1.165, 1.54) is 52.2 Å². The van der Waals surface area contributed by atoms with Gasteiger partial charge < -0.3 is 19.3 Å². The Kier molecular flexibility index (Phi) is 7.76. The molecule has 0 spiro atoms. The Balaban J connectivity index is 1.71. The maximum atomic E-state index is 13.0. The summed E-state index contributed by atoms with van der Waals surface area (Å²) >= 11 is 4.92. The maximum Gasteiger partial charge on any atom is 0.342 e. The molecule has 0 aromatic carbocycles. The zero-order valence-electron chi connectivity index (χ0n) is 17.7. The van der Waals surface area contributed by atoms with E-state index in [-0.39, 0.29) is 33.6 Å². The van der Waals surface area contributed by atoms with Gasteiger partial charge >= 0.3 is 23.9 Å². The van der Waals surface area contributed by atoms with Gasteiger partial charge in [-0.3, -0.25) is 0 Å². The minimum atomic E-state index is -2.13. The monoisotopic (exact) mass is 548 g/mol. The van der Waals surface area contributed by atoms with Gasteiger partial charge in [-0.1, -0.05) is 0 Å². The van der Waals surface area contributed by atoms with Crippen molar-refractivity contribution in [1.82, 2.24) is 0 Å². The molecular weight excluding hydrogens is 533 g/mol. The first kappa shape index (κ1) is 24.8. The van der Waals surface area contributed by atoms with Gasteiger partial charge in [0.15, 0.2) is 6.61 Å². The van der Waals surface area contributed by atoms with Gasteiger partial charge in [0.05, 0.1) is 28.7 Å². The van der Waals surface area contributed by atoms with E-state index >= 15 is 0 Å². The van der Waals surface area contributed by atoms with E-state index in [0.717, 1.165) is 11.3 Å². The molecule has 0 aliphatic rings. The van der Waals surface area contributed by atoms with Gasteiger partial charge in [-0.15, -0.1) is 11.3 Å². The molecule has 180 valence electrons. The molecule has 4 aromatic heterocycles. The highest BCUT2D eigenvalue weighted by Crippen LogP contribution is 2.30. The van der Waals surface area contributed by atoms with E-state index in [9.17, 15) is 24.3 Å². The van der Waals surface area contributed by atoms with Crippen molar-refractivity contribution in [1.29, 1.82) is 0 Å². The van der Waals surface area contributed by atoms with Crippen LogP contribution in [0.3, 0.4) is 0 Å². The van der Waals surface area contributed by atoms with Crippen molar-refractivity contribution in [2.24, 2.45) is 0 Å². The standard InChI is InChI=1S/C23H16O8S4/c24-19(25)17-4-8-35-18(17)9-23(30-21(27)15-2-6-33-11-15,31-22(28)16-3-7-34-12-16)13-29-20(26)14-1-5-32-10-14/h1-8,10-12H,9,13H2,(H,24,25). The van der Waals surface area contributed by atoms with Crippen molar-refractivity contribution in [2.45, 2.75) is 12.2 Å². The average molecular weight is 549 g/mol. The molecule has 4 rings (SSSR count). The Bertz CT molecular complexity index is 1260. The van der Waals surface area contributed by atoms with Crippen molar-refractivity contribution in [3.8, 4) is 0 Å². The van der Waals surface area contributed by atoms with Crippen LogP contribution < -0.4 is 0 Å². The first-order valence-electron chi connectivity index (χ1n) is 9.87. The second-order valence-electron chi connectivity index (χ2n) is 7.04. The van der Waals surface area contributed by atoms with Crippen molar-refractivity contribution >= 4 is 69.2 Å². The third-order valence-corrected chi connectivity index (χ3v) is 7.63. The topological polar surface area (TPSA) is 116 Å². The molecule has 35 heavy (non-hydrogen) atoms. The second-order valence-corrected chi connectivity index (χ2v) is 10.4. The Morgan fingerprint density at radius 1 is 0.743 bits per heavy atom. The zero-order chi connectivity index (χ0) is 24.8. The molecule has 12 heteroatoms. The summed E-state index contributed by atoms with van der Waals surface area (Å²) in [4.78, 5) is 50.5. The smallest absolute Gasteiger partial charge is 0.342 e. The van der Waals surface area contributed by atoms with Gasteiger partial charge in [0.25, 0.3) is 5.79 Å². The fourth-order valence-electron chi connectivity index (χ4n) is 2.97. The summed E-state index contributed by atoms with van der Waals surface area (Å²) in [5.74, 6) is -5.66. The highest BCUT2D eigenvalue weighted by molar-refractivity contribution is 7.10. The number of aromatic carboxylic acids is 1. The number of carboxylic acid groups (broad SMARTS) is 1. The first-order valence-corrected chi connectivity index (χ1v) is 13.6. The number of carbonyl (C=O) groups excluding carboxylic acids is 3. The van der Waals surface area contributed by atoms with Crippen LogP contribution in [-0.4, -0.2) is 41.4 Å². The summed E-state index contributed by atoms with van der Waals surface area (Å²) < 4.78 is 16.8. The van der Waals surface area contributed by atoms with Crippen LogP contribution in [0.1, 0.15) is 46.3 Å². The molecule has 8 nitrogen and oxygen atoms in total. The number of hydrogen-bond acceptors (Lipinski definition) is 11. The molecule has 0 aliphatic heterocycles. The summed E-state index contributed by atoms with van der Waals surface area (Å²) in [6.07, 6.45) is -0.338. The fraction of sp³-hybridized carbons (Fsp3) is 0.130. The van der Waals surface area contributed by atoms with Crippen molar-refractivity contribution in [3.05, 3.63) is 89.1 Å². The molecule has 0 amide bonds. The Hall–Kier alpha value is -3.32. The number of esters is 3. The van der Waals surface area contributed by atoms with E-state index < -0.39 is 36.3 Å². The highest BCUT2D eigenvalue weighted by Gasteiger charge is 2.43. The Morgan fingerprint density at radius 3 is 1.71 bits per heavy atom. The highest BCUT2D eigenvalue weighted by atomic mass is 32.1. The first-order chi connectivity index (χ1) is 16.9. The van der Waals surface area contributed by atoms with E-state index in [2.05, 4.69) is 0 Å². The Labute approximate surface area is 214 Å². The lowest BCUT2D eigenvalue weighted by molar-refractivity contribution is -0.190. The Morgan fingerprint density at radius 2 is 1.26 bits per heavy atom. The molecule has 4 aromatic rings. The summed E-state index contributed by atoms with van der Waals surface area (Å²) in [5.41, 5.74) is 0.654. The van der Waals surface area contributed by atoms with Crippen LogP contribution in [0.2, 0.25) is 0 Å². The summed E-state index contributed by atoms with van der Waals surface area (Å²) in [6, 6.07) is 6.02. The number of ether oxygens (including phenoxy) is 3. The number of rotatable bonds is 10. The van der Waals surface area contributed by atoms with Crippen LogP contribution in [0.15, 0.2) is 61.9 Å². The summed E-state index contributed by atoms with van der Waals surface area (Å²) in [6.45, 7) is -0.648. The van der Waals surface area contributed by atoms with Crippen molar-refractivity contribution in [3.63, 3.8) is 0 Å². The van der Waals surface area contributed by atoms with Gasteiger partial charge in [-0.25, -0.2) is 19.2 Å². The fourth-order valence-corrected chi connectivity index (χ4v) is 5.80. The molecule has 0 bridgehead atoms. The molecule has 0 saturated carbocycles. The molecule has 1 N–H and O–H groups in total. The SMILES string of the molecule is O=C(OCC(Cc1sccc1C(=O)O)(OC(=O)c1ccsc1)OC(=O)c1ccsc1)c1ccsc1. The minimum Gasteiger partial charge on any atom is -0.478 e. The number of hydrogen-bond donors (Lipinski definition) is 1. The lowest BCUT2D eigenvalue weighted by atomic mass is 10.1. The molecule has 0 saturated heterocycles. The molecule has 4 heterocycles. The van der Waals surface area contributed by atoms with Gasteiger partial charge in [0.1, 0.15) is 0 Å². The van der Waals surface area contributed by atoms with E-state index in [0.29, 0.717) is 0 Å². The number of thiophene rings is 4. The predicted molar refractivity (Wildman–Crippen MR) is 132 cm³/mol. The van der Waals surface area contributed by atoms with Crippen LogP contribution in [0, 0.1) is 0 Å². The normalized spacial score (nSPS) is 11.1. The third kappa shape index (κ3) is 6.03. The molecule has 0 radical (unpaired) electrons. The number of carboxylic acids is 1. The molecule has 0 fully saturated rings. The molecule has 0 aliphatic carbocycles. The minimum absolute atomic E-state index is 0.0401. The summed E-state index contributed by atoms with van der Waals surface area (Å²) in [7, 11) is 0. The third-order valence-electron chi connectivity index (χ3n) is 4.66. The van der Waals surface area contributed by atoms with Crippen molar-refractivity contribution in [2.75, 3.05) is 6.61 Å². The largest absolute Gasteiger partial charge is 0.478 e. The summed E-state index contributed by atoms with van der Waals surface area (Å²) in [5, 5.41) is 20.9. The van der Waals surface area contributed by atoms with Crippen LogP contribution in [0.4, 0.5) is 0 Å². The molecular formula is C23H16O8S4. The van der Waals surface area contributed by atoms with Gasteiger partial charge in [-0.05, 0) is 45.8 Å². The second kappa shape index (κ2) is 11.0. The zero-order valence-corrected chi connectivity index (χ0v) is 21.0. The van der Waals surface area contributed by atoms with Gasteiger partial charge in [0.2, 0.25) is 0 Å². The maximum absolute atomic E-state index is 13.0. The quantitative estimate of drug-likeness (QED) is 0.206. The van der Waals surface area contributed by atoms with Crippen molar-refractivity contribution < 1.29 is 38.5 Å². The van der Waals surface area contributed by atoms with E-state index in [1.807, 2.05) is 0 Å². The molecule has 0 unspecified atom stereocenters. The van der Waals surface area contributed by atoms with E-state index in [1.54, 1.807) is 43.7 Å². The van der Waals surface area contributed by atoms with Crippen LogP contribution in [0.5, 0.6) is 0 Å². The average Bonchev–Trinajstić information content (AvgIpc) is 3.65. The van der Waals surface area contributed by atoms with Crippen LogP contribution in [-0.2, 0) is 20.6 Å². The van der Waals surface area contributed by atoms with Crippen LogP contribution in [0.25, 0.3) is 0 Å². The van der Waals surface area contributed by atoms with Gasteiger partial charge in [0, 0.05) is 21.0 Å². The lowest BCUT2D eigenvalue weighted by Gasteiger charge is -2.32. The number of carbonyl (C=O) groups is 4. The predicted octanol–water partition coefficient (Wildman–Crippen LogP) is 5.44. The van der Waals surface area contributed by atoms with Crippen LogP contribution >= 0.6 is 45.3 Å². The molecule has 0 atom stereocenters. The van der Waals surface area contributed by atoms with Gasteiger partial charge in [-0.2, -0.15) is 34.0 Å². The van der Waals surface area contributed by atoms with E-state index in [4.69, 9.17) is 14.2 Å².